The number of benzene rings is 1. The van der Waals surface area contributed by atoms with Gasteiger partial charge < -0.3 is 16.2 Å². The number of ether oxygens (including phenoxy) is 1. The zero-order chi connectivity index (χ0) is 12.5. The molecule has 0 fully saturated rings. The highest BCUT2D eigenvalue weighted by Gasteiger charge is 2.38. The van der Waals surface area contributed by atoms with Gasteiger partial charge in [-0.15, -0.1) is 12.4 Å². The minimum atomic E-state index is -1.41. The van der Waals surface area contributed by atoms with Crippen LogP contribution in [0.4, 0.5) is 14.5 Å². The Bertz CT molecular complexity index is 470. The number of hydrogen-bond acceptors (Lipinski definition) is 4. The van der Waals surface area contributed by atoms with Crippen LogP contribution in [0.25, 0.3) is 0 Å². The van der Waals surface area contributed by atoms with Crippen molar-refractivity contribution in [3.05, 3.63) is 29.6 Å². The number of nitrogen functional groups attached to an aromatic ring is 1. The van der Waals surface area contributed by atoms with E-state index in [2.05, 4.69) is 4.99 Å². The molecule has 1 atom stereocenters. The number of alkyl halides is 1. The normalized spacial score (nSPS) is 23.1. The Morgan fingerprint density at radius 2 is 2.11 bits per heavy atom. The lowest BCUT2D eigenvalue weighted by Gasteiger charge is -2.31. The third kappa shape index (κ3) is 2.54. The topological polar surface area (TPSA) is 73.6 Å². The third-order valence-electron chi connectivity index (χ3n) is 2.66. The van der Waals surface area contributed by atoms with Crippen molar-refractivity contribution in [3.8, 4) is 0 Å². The van der Waals surface area contributed by atoms with Crippen LogP contribution in [0.2, 0.25) is 0 Å². The number of rotatable bonds is 2. The van der Waals surface area contributed by atoms with Crippen LogP contribution in [0.5, 0.6) is 0 Å². The van der Waals surface area contributed by atoms with Crippen LogP contribution >= 0.6 is 12.4 Å². The Morgan fingerprint density at radius 1 is 1.39 bits per heavy atom. The monoisotopic (exact) mass is 277 g/mol. The molecule has 0 aromatic heterocycles. The van der Waals surface area contributed by atoms with Crippen LogP contribution < -0.4 is 11.5 Å². The lowest BCUT2D eigenvalue weighted by Crippen LogP contribution is -2.42. The number of halogens is 3. The zero-order valence-corrected chi connectivity index (χ0v) is 10.3. The van der Waals surface area contributed by atoms with Gasteiger partial charge in [0.15, 0.2) is 0 Å². The minimum absolute atomic E-state index is 0. The second kappa shape index (κ2) is 5.49. The maximum absolute atomic E-state index is 13.7. The summed E-state index contributed by atoms with van der Waals surface area (Å²) in [6.45, 7) is -0.815. The Balaban J connectivity index is 0.00000162. The van der Waals surface area contributed by atoms with Gasteiger partial charge in [0.25, 0.3) is 0 Å². The molecule has 1 aromatic carbocycles. The predicted octanol–water partition coefficient (Wildman–Crippen LogP) is 1.38. The standard InChI is InChI=1S/C11H13F2N3O.ClH/c12-5-11(6-17-4-10(15)16-11)8-3-7(14)1-2-9(8)13;/h1-3H,4-6,14H2,(H2,15,16);1H. The van der Waals surface area contributed by atoms with E-state index in [1.807, 2.05) is 0 Å². The van der Waals surface area contributed by atoms with Crippen LogP contribution in [0.1, 0.15) is 5.56 Å². The smallest absolute Gasteiger partial charge is 0.142 e. The number of aliphatic imine (C=N–C) groups is 1. The first-order chi connectivity index (χ1) is 8.07. The molecule has 1 aromatic rings. The number of nitrogens with two attached hydrogens (primary N) is 2. The van der Waals surface area contributed by atoms with Crippen molar-refractivity contribution in [1.82, 2.24) is 0 Å². The largest absolute Gasteiger partial charge is 0.399 e. The van der Waals surface area contributed by atoms with Crippen molar-refractivity contribution >= 4 is 23.9 Å². The Labute approximate surface area is 109 Å². The fourth-order valence-electron chi connectivity index (χ4n) is 1.84. The third-order valence-corrected chi connectivity index (χ3v) is 2.66. The maximum Gasteiger partial charge on any atom is 0.142 e. The van der Waals surface area contributed by atoms with Crippen LogP contribution in [-0.4, -0.2) is 25.7 Å². The van der Waals surface area contributed by atoms with Gasteiger partial charge in [0.2, 0.25) is 0 Å². The lowest BCUT2D eigenvalue weighted by molar-refractivity contribution is 0.0809. The average Bonchev–Trinajstić information content (AvgIpc) is 2.32. The summed E-state index contributed by atoms with van der Waals surface area (Å²) in [7, 11) is 0. The highest BCUT2D eigenvalue weighted by Crippen LogP contribution is 2.32. The summed E-state index contributed by atoms with van der Waals surface area (Å²) in [4.78, 5) is 4.00. The van der Waals surface area contributed by atoms with Gasteiger partial charge >= 0.3 is 0 Å². The molecule has 100 valence electrons. The van der Waals surface area contributed by atoms with E-state index in [9.17, 15) is 8.78 Å². The number of nitrogens with zero attached hydrogens (tertiary/aromatic N) is 1. The van der Waals surface area contributed by atoms with E-state index in [-0.39, 0.29) is 37.0 Å². The van der Waals surface area contributed by atoms with Crippen molar-refractivity contribution in [1.29, 1.82) is 0 Å². The van der Waals surface area contributed by atoms with Gasteiger partial charge in [-0.2, -0.15) is 0 Å². The Hall–Kier alpha value is -1.40. The number of hydrogen-bond donors (Lipinski definition) is 2. The first-order valence-electron chi connectivity index (χ1n) is 5.11. The second-order valence-electron chi connectivity index (χ2n) is 4.00. The van der Waals surface area contributed by atoms with Crippen LogP contribution in [-0.2, 0) is 10.3 Å². The van der Waals surface area contributed by atoms with Gasteiger partial charge in [-0.05, 0) is 18.2 Å². The van der Waals surface area contributed by atoms with E-state index < -0.39 is 18.0 Å². The first kappa shape index (κ1) is 14.7. The molecule has 1 aliphatic rings. The van der Waals surface area contributed by atoms with Gasteiger partial charge in [0.1, 0.15) is 30.5 Å². The van der Waals surface area contributed by atoms with Crippen LogP contribution in [0.15, 0.2) is 23.2 Å². The van der Waals surface area contributed by atoms with Crippen LogP contribution in [0, 0.1) is 5.82 Å². The molecule has 7 heteroatoms. The first-order valence-corrected chi connectivity index (χ1v) is 5.11. The summed E-state index contributed by atoms with van der Waals surface area (Å²) in [5.74, 6) is -0.422. The second-order valence-corrected chi connectivity index (χ2v) is 4.00. The minimum Gasteiger partial charge on any atom is -0.399 e. The highest BCUT2D eigenvalue weighted by molar-refractivity contribution is 5.85. The summed E-state index contributed by atoms with van der Waals surface area (Å²) in [5.41, 5.74) is 10.1. The van der Waals surface area contributed by atoms with Crippen molar-refractivity contribution in [2.45, 2.75) is 5.54 Å². The van der Waals surface area contributed by atoms with Crippen molar-refractivity contribution < 1.29 is 13.5 Å². The molecular weight excluding hydrogens is 264 g/mol. The fraction of sp³-hybridized carbons (Fsp3) is 0.364. The molecule has 0 amide bonds. The maximum atomic E-state index is 13.7. The zero-order valence-electron chi connectivity index (χ0n) is 9.53. The molecular formula is C11H14ClF2N3O. The Morgan fingerprint density at radius 3 is 2.72 bits per heavy atom. The van der Waals surface area contributed by atoms with Crippen molar-refractivity contribution in [2.24, 2.45) is 10.7 Å². The predicted molar refractivity (Wildman–Crippen MR) is 68.2 cm³/mol. The molecule has 1 unspecified atom stereocenters. The number of anilines is 1. The molecule has 0 saturated heterocycles. The number of amidine groups is 1. The summed E-state index contributed by atoms with van der Waals surface area (Å²) in [5, 5.41) is 0. The van der Waals surface area contributed by atoms with Crippen molar-refractivity contribution in [2.75, 3.05) is 25.6 Å². The molecule has 0 saturated carbocycles. The molecule has 4 N–H and O–H groups in total. The fourth-order valence-corrected chi connectivity index (χ4v) is 1.84. The van der Waals surface area contributed by atoms with E-state index in [0.29, 0.717) is 5.69 Å². The van der Waals surface area contributed by atoms with Gasteiger partial charge in [-0.1, -0.05) is 0 Å². The molecule has 1 aliphatic heterocycles. The average molecular weight is 278 g/mol. The van der Waals surface area contributed by atoms with E-state index >= 15 is 0 Å². The van der Waals surface area contributed by atoms with Gasteiger partial charge in [-0.25, -0.2) is 8.78 Å². The summed E-state index contributed by atoms with van der Waals surface area (Å²) >= 11 is 0. The molecule has 0 bridgehead atoms. The summed E-state index contributed by atoms with van der Waals surface area (Å²) in [6, 6.07) is 3.95. The lowest BCUT2D eigenvalue weighted by atomic mass is 9.91. The molecule has 0 radical (unpaired) electrons. The molecule has 0 spiro atoms. The quantitative estimate of drug-likeness (QED) is 0.802. The van der Waals surface area contributed by atoms with E-state index in [1.165, 1.54) is 18.2 Å². The Kier molecular flexibility index (Phi) is 4.48. The summed E-state index contributed by atoms with van der Waals surface area (Å²) in [6.07, 6.45) is 0. The molecule has 4 nitrogen and oxygen atoms in total. The SMILES string of the molecule is Cl.NC1=NC(CF)(c2cc(N)ccc2F)COC1. The molecule has 1 heterocycles. The molecule has 0 aliphatic carbocycles. The van der Waals surface area contributed by atoms with E-state index in [1.54, 1.807) is 0 Å². The summed E-state index contributed by atoms with van der Waals surface area (Å²) < 4.78 is 32.1. The molecule has 18 heavy (non-hydrogen) atoms. The van der Waals surface area contributed by atoms with Gasteiger partial charge in [0.05, 0.1) is 6.61 Å². The highest BCUT2D eigenvalue weighted by atomic mass is 35.5. The molecule has 2 rings (SSSR count). The van der Waals surface area contributed by atoms with Crippen LogP contribution in [0.3, 0.4) is 0 Å². The van der Waals surface area contributed by atoms with Crippen molar-refractivity contribution in [3.63, 3.8) is 0 Å². The van der Waals surface area contributed by atoms with Gasteiger partial charge in [0, 0.05) is 11.3 Å². The van der Waals surface area contributed by atoms with E-state index in [4.69, 9.17) is 16.2 Å². The van der Waals surface area contributed by atoms with Gasteiger partial charge in [-0.3, -0.25) is 4.99 Å². The van der Waals surface area contributed by atoms with E-state index in [0.717, 1.165) is 0 Å².